The molecular formula is C12H16N2O5. The average molecular weight is 268 g/mol. The molecule has 0 aromatic heterocycles. The number of rotatable bonds is 6. The lowest BCUT2D eigenvalue weighted by Crippen LogP contribution is -2.30. The maximum atomic E-state index is 11.5. The number of phenolic OH excluding ortho intramolecular Hbond substituents is 1. The van der Waals surface area contributed by atoms with Gasteiger partial charge in [0.25, 0.3) is 0 Å². The highest BCUT2D eigenvalue weighted by Crippen LogP contribution is 2.24. The zero-order valence-electron chi connectivity index (χ0n) is 10.5. The summed E-state index contributed by atoms with van der Waals surface area (Å²) in [6, 6.07) is 3.22. The SMILES string of the molecule is COCCCNC(=O)Nc1ccc(C(=O)O)cc1O. The van der Waals surface area contributed by atoms with Crippen LogP contribution in [0.25, 0.3) is 0 Å². The van der Waals surface area contributed by atoms with Crippen molar-refractivity contribution in [1.82, 2.24) is 5.32 Å². The predicted molar refractivity (Wildman–Crippen MR) is 68.6 cm³/mol. The Hall–Kier alpha value is -2.28. The Morgan fingerprint density at radius 3 is 2.68 bits per heavy atom. The van der Waals surface area contributed by atoms with Crippen LogP contribution in [0.1, 0.15) is 16.8 Å². The maximum absolute atomic E-state index is 11.5. The van der Waals surface area contributed by atoms with E-state index in [0.717, 1.165) is 6.07 Å². The molecule has 0 aliphatic carbocycles. The summed E-state index contributed by atoms with van der Waals surface area (Å²) in [4.78, 5) is 22.1. The van der Waals surface area contributed by atoms with Crippen molar-refractivity contribution in [2.75, 3.05) is 25.6 Å². The molecular weight excluding hydrogens is 252 g/mol. The molecule has 0 heterocycles. The number of carboxylic acid groups (broad SMARTS) is 1. The molecule has 0 radical (unpaired) electrons. The molecule has 0 aliphatic heterocycles. The van der Waals surface area contributed by atoms with E-state index in [0.29, 0.717) is 19.6 Å². The molecule has 0 saturated heterocycles. The molecule has 1 aromatic rings. The van der Waals surface area contributed by atoms with E-state index >= 15 is 0 Å². The van der Waals surface area contributed by atoms with Crippen molar-refractivity contribution in [3.05, 3.63) is 23.8 Å². The highest BCUT2D eigenvalue weighted by molar-refractivity contribution is 5.93. The monoisotopic (exact) mass is 268 g/mol. The minimum Gasteiger partial charge on any atom is -0.506 e. The number of hydrogen-bond donors (Lipinski definition) is 4. The van der Waals surface area contributed by atoms with Gasteiger partial charge in [-0.15, -0.1) is 0 Å². The molecule has 1 rings (SSSR count). The van der Waals surface area contributed by atoms with Gasteiger partial charge in [-0.25, -0.2) is 9.59 Å². The first-order chi connectivity index (χ1) is 9.04. The lowest BCUT2D eigenvalue weighted by atomic mass is 10.2. The molecule has 1 aromatic carbocycles. The highest BCUT2D eigenvalue weighted by atomic mass is 16.5. The molecule has 0 atom stereocenters. The Labute approximate surface area is 110 Å². The zero-order chi connectivity index (χ0) is 14.3. The van der Waals surface area contributed by atoms with Gasteiger partial charge in [-0.3, -0.25) is 0 Å². The first-order valence-corrected chi connectivity index (χ1v) is 5.64. The van der Waals surface area contributed by atoms with Gasteiger partial charge in [0, 0.05) is 20.3 Å². The molecule has 19 heavy (non-hydrogen) atoms. The number of phenols is 1. The first-order valence-electron chi connectivity index (χ1n) is 5.64. The summed E-state index contributed by atoms with van der Waals surface area (Å²) in [5, 5.41) is 23.3. The predicted octanol–water partition coefficient (Wildman–Crippen LogP) is 1.25. The molecule has 104 valence electrons. The second-order valence-corrected chi connectivity index (χ2v) is 3.76. The van der Waals surface area contributed by atoms with E-state index in [9.17, 15) is 14.7 Å². The lowest BCUT2D eigenvalue weighted by Gasteiger charge is -2.09. The molecule has 7 nitrogen and oxygen atoms in total. The molecule has 0 bridgehead atoms. The third-order valence-corrected chi connectivity index (χ3v) is 2.30. The van der Waals surface area contributed by atoms with Gasteiger partial charge in [0.05, 0.1) is 11.3 Å². The standard InChI is InChI=1S/C12H16N2O5/c1-19-6-2-5-13-12(18)14-9-4-3-8(11(16)17)7-10(9)15/h3-4,7,15H,2,5-6H2,1H3,(H,16,17)(H2,13,14,18). The number of carbonyl (C=O) groups excluding carboxylic acids is 1. The number of anilines is 1. The number of carbonyl (C=O) groups is 2. The average Bonchev–Trinajstić information content (AvgIpc) is 2.37. The molecule has 0 spiro atoms. The second kappa shape index (κ2) is 7.22. The Balaban J connectivity index is 2.52. The van der Waals surface area contributed by atoms with Gasteiger partial charge in [0.2, 0.25) is 0 Å². The summed E-state index contributed by atoms with van der Waals surface area (Å²) in [6.07, 6.45) is 0.674. The number of carboxylic acids is 1. The minimum absolute atomic E-state index is 0.0523. The van der Waals surface area contributed by atoms with Gasteiger partial charge in [-0.2, -0.15) is 0 Å². The third-order valence-electron chi connectivity index (χ3n) is 2.30. The number of methoxy groups -OCH3 is 1. The van der Waals surface area contributed by atoms with Gasteiger partial charge < -0.3 is 25.6 Å². The fraction of sp³-hybridized carbons (Fsp3) is 0.333. The second-order valence-electron chi connectivity index (χ2n) is 3.76. The Morgan fingerprint density at radius 1 is 1.37 bits per heavy atom. The van der Waals surface area contributed by atoms with Crippen LogP contribution in [-0.2, 0) is 4.74 Å². The van der Waals surface area contributed by atoms with Crippen molar-refractivity contribution in [3.63, 3.8) is 0 Å². The highest BCUT2D eigenvalue weighted by Gasteiger charge is 2.09. The number of aromatic carboxylic acids is 1. The third kappa shape index (κ3) is 4.84. The van der Waals surface area contributed by atoms with Gasteiger partial charge in [-0.05, 0) is 24.6 Å². The smallest absolute Gasteiger partial charge is 0.335 e. The fourth-order valence-corrected chi connectivity index (χ4v) is 1.36. The summed E-state index contributed by atoms with van der Waals surface area (Å²) >= 11 is 0. The summed E-state index contributed by atoms with van der Waals surface area (Å²) in [5.74, 6) is -1.45. The largest absolute Gasteiger partial charge is 0.506 e. The molecule has 0 unspecified atom stereocenters. The summed E-state index contributed by atoms with van der Waals surface area (Å²) < 4.78 is 4.83. The van der Waals surface area contributed by atoms with E-state index < -0.39 is 12.0 Å². The van der Waals surface area contributed by atoms with Crippen LogP contribution in [-0.4, -0.2) is 42.5 Å². The van der Waals surface area contributed by atoms with Crippen LogP contribution in [0.2, 0.25) is 0 Å². The number of amides is 2. The van der Waals surface area contributed by atoms with Crippen LogP contribution in [0, 0.1) is 0 Å². The van der Waals surface area contributed by atoms with Crippen LogP contribution in [0.3, 0.4) is 0 Å². The van der Waals surface area contributed by atoms with Crippen LogP contribution < -0.4 is 10.6 Å². The van der Waals surface area contributed by atoms with E-state index in [2.05, 4.69) is 10.6 Å². The summed E-state index contributed by atoms with van der Waals surface area (Å²) in [5.41, 5.74) is 0.0952. The topological polar surface area (TPSA) is 108 Å². The van der Waals surface area contributed by atoms with Crippen molar-refractivity contribution < 1.29 is 24.5 Å². The van der Waals surface area contributed by atoms with E-state index in [1.54, 1.807) is 7.11 Å². The first kappa shape index (κ1) is 14.8. The Kier molecular flexibility index (Phi) is 5.62. The van der Waals surface area contributed by atoms with Crippen LogP contribution in [0.4, 0.5) is 10.5 Å². The number of aromatic hydroxyl groups is 1. The van der Waals surface area contributed by atoms with Crippen molar-refractivity contribution >= 4 is 17.7 Å². The van der Waals surface area contributed by atoms with Gasteiger partial charge >= 0.3 is 12.0 Å². The fourth-order valence-electron chi connectivity index (χ4n) is 1.36. The quantitative estimate of drug-likeness (QED) is 0.458. The summed E-state index contributed by atoms with van der Waals surface area (Å²) in [6.45, 7) is 0.979. The number of benzene rings is 1. The van der Waals surface area contributed by atoms with Crippen LogP contribution in [0.15, 0.2) is 18.2 Å². The molecule has 0 fully saturated rings. The normalized spacial score (nSPS) is 9.95. The van der Waals surface area contributed by atoms with E-state index in [1.807, 2.05) is 0 Å². The minimum atomic E-state index is -1.15. The van der Waals surface area contributed by atoms with Crippen LogP contribution in [0.5, 0.6) is 5.75 Å². The zero-order valence-corrected chi connectivity index (χ0v) is 10.5. The molecule has 0 aliphatic rings. The Bertz CT molecular complexity index is 461. The molecule has 4 N–H and O–H groups in total. The maximum Gasteiger partial charge on any atom is 0.335 e. The Morgan fingerprint density at radius 2 is 2.11 bits per heavy atom. The molecule has 2 amide bonds. The van der Waals surface area contributed by atoms with Crippen molar-refractivity contribution in [2.24, 2.45) is 0 Å². The van der Waals surface area contributed by atoms with E-state index in [-0.39, 0.29) is 17.0 Å². The number of hydrogen-bond acceptors (Lipinski definition) is 4. The number of ether oxygens (including phenoxy) is 1. The van der Waals surface area contributed by atoms with Crippen molar-refractivity contribution in [1.29, 1.82) is 0 Å². The van der Waals surface area contributed by atoms with Crippen LogP contribution >= 0.6 is 0 Å². The lowest BCUT2D eigenvalue weighted by molar-refractivity contribution is 0.0696. The van der Waals surface area contributed by atoms with Gasteiger partial charge in [0.1, 0.15) is 5.75 Å². The van der Waals surface area contributed by atoms with Crippen molar-refractivity contribution in [3.8, 4) is 5.75 Å². The number of urea groups is 1. The molecule has 7 heteroatoms. The van der Waals surface area contributed by atoms with Gasteiger partial charge in [0.15, 0.2) is 0 Å². The summed E-state index contributed by atoms with van der Waals surface area (Å²) in [7, 11) is 1.57. The van der Waals surface area contributed by atoms with E-state index in [4.69, 9.17) is 9.84 Å². The van der Waals surface area contributed by atoms with Crippen molar-refractivity contribution in [2.45, 2.75) is 6.42 Å². The molecule has 0 saturated carbocycles. The van der Waals surface area contributed by atoms with E-state index in [1.165, 1.54) is 12.1 Å². The number of nitrogens with one attached hydrogen (secondary N) is 2. The van der Waals surface area contributed by atoms with Gasteiger partial charge in [-0.1, -0.05) is 0 Å².